The quantitative estimate of drug-likeness (QED) is 0.544. The number of piperidine rings is 1. The number of carbonyl (C=O) groups is 2. The minimum absolute atomic E-state index is 0.0562. The van der Waals surface area contributed by atoms with Crippen LogP contribution in [0.1, 0.15) is 35.7 Å². The highest BCUT2D eigenvalue weighted by molar-refractivity contribution is 7.92. The van der Waals surface area contributed by atoms with Gasteiger partial charge in [-0.1, -0.05) is 54.6 Å². The van der Waals surface area contributed by atoms with E-state index < -0.39 is 10.0 Å². The van der Waals surface area contributed by atoms with Crippen molar-refractivity contribution in [3.8, 4) is 0 Å². The molecule has 7 nitrogen and oxygen atoms in total. The fourth-order valence-electron chi connectivity index (χ4n) is 4.27. The van der Waals surface area contributed by atoms with E-state index in [2.05, 4.69) is 5.32 Å². The first-order valence-electron chi connectivity index (χ1n) is 11.6. The first-order chi connectivity index (χ1) is 16.8. The maximum absolute atomic E-state index is 13.8. The third kappa shape index (κ3) is 5.89. The fourth-order valence-corrected chi connectivity index (χ4v) is 5.77. The van der Waals surface area contributed by atoms with Gasteiger partial charge in [0, 0.05) is 31.6 Å². The van der Waals surface area contributed by atoms with Gasteiger partial charge >= 0.3 is 0 Å². The largest absolute Gasteiger partial charge is 0.353 e. The topological polar surface area (TPSA) is 86.8 Å². The van der Waals surface area contributed by atoms with Crippen molar-refractivity contribution in [1.82, 2.24) is 10.2 Å². The summed E-state index contributed by atoms with van der Waals surface area (Å²) in [5.74, 6) is -0.288. The minimum Gasteiger partial charge on any atom is -0.353 e. The number of benzene rings is 3. The third-order valence-electron chi connectivity index (χ3n) is 6.07. The Kier molecular flexibility index (Phi) is 7.51. The number of hydrogen-bond donors (Lipinski definition) is 1. The zero-order chi connectivity index (χ0) is 24.8. The molecule has 1 N–H and O–H groups in total. The molecule has 1 aliphatic rings. The lowest BCUT2D eigenvalue weighted by atomic mass is 10.0. The molecule has 1 fully saturated rings. The van der Waals surface area contributed by atoms with Gasteiger partial charge in [-0.3, -0.25) is 13.9 Å². The summed E-state index contributed by atoms with van der Waals surface area (Å²) in [7, 11) is -3.95. The van der Waals surface area contributed by atoms with E-state index in [1.807, 2.05) is 36.4 Å². The molecular formula is C27H29N3O4S. The SMILES string of the molecule is CC(=O)NC1CCN(C(=O)c2cccc(S(=O)(=O)N(Cc3ccccc3)c3ccccc3)c2)CC1. The number of rotatable bonds is 7. The summed E-state index contributed by atoms with van der Waals surface area (Å²) in [6, 6.07) is 24.6. The highest BCUT2D eigenvalue weighted by atomic mass is 32.2. The summed E-state index contributed by atoms with van der Waals surface area (Å²) in [4.78, 5) is 26.2. The van der Waals surface area contributed by atoms with Gasteiger partial charge in [0.15, 0.2) is 0 Å². The highest BCUT2D eigenvalue weighted by Gasteiger charge is 2.28. The second kappa shape index (κ2) is 10.7. The van der Waals surface area contributed by atoms with E-state index in [1.165, 1.54) is 23.4 Å². The summed E-state index contributed by atoms with van der Waals surface area (Å²) in [5.41, 5.74) is 1.74. The molecule has 8 heteroatoms. The van der Waals surface area contributed by atoms with E-state index in [1.54, 1.807) is 41.3 Å². The predicted octanol–water partition coefficient (Wildman–Crippen LogP) is 3.82. The number of hydrogen-bond acceptors (Lipinski definition) is 4. The Balaban J connectivity index is 1.59. The van der Waals surface area contributed by atoms with E-state index in [0.717, 1.165) is 5.56 Å². The van der Waals surface area contributed by atoms with Gasteiger partial charge in [-0.25, -0.2) is 8.42 Å². The molecule has 1 aliphatic heterocycles. The van der Waals surface area contributed by atoms with Crippen LogP contribution in [0, 0.1) is 0 Å². The number of nitrogens with zero attached hydrogens (tertiary/aromatic N) is 2. The molecule has 0 radical (unpaired) electrons. The van der Waals surface area contributed by atoms with Crippen molar-refractivity contribution in [2.24, 2.45) is 0 Å². The van der Waals surface area contributed by atoms with Gasteiger partial charge in [-0.2, -0.15) is 0 Å². The second-order valence-corrected chi connectivity index (χ2v) is 10.5. The first kappa shape index (κ1) is 24.5. The minimum atomic E-state index is -3.95. The molecule has 1 heterocycles. The normalized spacial score (nSPS) is 14.4. The summed E-state index contributed by atoms with van der Waals surface area (Å²) >= 11 is 0. The van der Waals surface area contributed by atoms with Crippen LogP contribution >= 0.6 is 0 Å². The van der Waals surface area contributed by atoms with E-state index in [9.17, 15) is 18.0 Å². The van der Waals surface area contributed by atoms with E-state index in [0.29, 0.717) is 37.2 Å². The Hall–Kier alpha value is -3.65. The van der Waals surface area contributed by atoms with Crippen molar-refractivity contribution in [3.63, 3.8) is 0 Å². The standard InChI is InChI=1S/C27H29N3O4S/c1-21(31)28-24-15-17-29(18-16-24)27(32)23-11-8-14-26(19-23)35(33,34)30(25-12-6-3-7-13-25)20-22-9-4-2-5-10-22/h2-14,19,24H,15-18,20H2,1H3,(H,28,31). The Morgan fingerprint density at radius 3 is 2.17 bits per heavy atom. The van der Waals surface area contributed by atoms with Crippen molar-refractivity contribution in [2.75, 3.05) is 17.4 Å². The number of sulfonamides is 1. The van der Waals surface area contributed by atoms with Gasteiger partial charge in [-0.05, 0) is 48.7 Å². The molecule has 2 amide bonds. The van der Waals surface area contributed by atoms with Crippen LogP contribution in [0.25, 0.3) is 0 Å². The third-order valence-corrected chi connectivity index (χ3v) is 7.84. The van der Waals surface area contributed by atoms with Crippen LogP contribution in [-0.4, -0.2) is 44.3 Å². The molecule has 0 saturated carbocycles. The Morgan fingerprint density at radius 1 is 0.914 bits per heavy atom. The number of nitrogens with one attached hydrogen (secondary N) is 1. The van der Waals surface area contributed by atoms with Gasteiger partial charge in [0.05, 0.1) is 17.1 Å². The number of para-hydroxylation sites is 1. The average molecular weight is 492 g/mol. The molecule has 0 aliphatic carbocycles. The van der Waals surface area contributed by atoms with Crippen molar-refractivity contribution in [2.45, 2.75) is 37.2 Å². The van der Waals surface area contributed by atoms with Crippen LogP contribution in [0.5, 0.6) is 0 Å². The summed E-state index contributed by atoms with van der Waals surface area (Å²) < 4.78 is 29.0. The Labute approximate surface area is 206 Å². The molecule has 3 aromatic rings. The maximum Gasteiger partial charge on any atom is 0.264 e. The van der Waals surface area contributed by atoms with E-state index in [4.69, 9.17) is 0 Å². The molecular weight excluding hydrogens is 462 g/mol. The monoisotopic (exact) mass is 491 g/mol. The smallest absolute Gasteiger partial charge is 0.264 e. The van der Waals surface area contributed by atoms with Crippen LogP contribution < -0.4 is 9.62 Å². The second-order valence-electron chi connectivity index (χ2n) is 8.63. The molecule has 1 saturated heterocycles. The van der Waals surface area contributed by atoms with Gasteiger partial charge < -0.3 is 10.2 Å². The molecule has 0 aromatic heterocycles. The molecule has 182 valence electrons. The summed E-state index contributed by atoms with van der Waals surface area (Å²) in [6.45, 7) is 2.66. The summed E-state index contributed by atoms with van der Waals surface area (Å²) in [6.07, 6.45) is 1.34. The van der Waals surface area contributed by atoms with Crippen molar-refractivity contribution in [1.29, 1.82) is 0 Å². The lowest BCUT2D eigenvalue weighted by molar-refractivity contribution is -0.119. The lowest BCUT2D eigenvalue weighted by Crippen LogP contribution is -2.46. The van der Waals surface area contributed by atoms with E-state index in [-0.39, 0.29) is 29.3 Å². The zero-order valence-corrected chi connectivity index (χ0v) is 20.4. The van der Waals surface area contributed by atoms with Gasteiger partial charge in [-0.15, -0.1) is 0 Å². The lowest BCUT2D eigenvalue weighted by Gasteiger charge is -2.32. The van der Waals surface area contributed by atoms with Gasteiger partial charge in [0.1, 0.15) is 0 Å². The van der Waals surface area contributed by atoms with Crippen molar-refractivity contribution in [3.05, 3.63) is 96.1 Å². The highest BCUT2D eigenvalue weighted by Crippen LogP contribution is 2.27. The fraction of sp³-hybridized carbons (Fsp3) is 0.259. The summed E-state index contributed by atoms with van der Waals surface area (Å²) in [5, 5.41) is 2.90. The molecule has 3 aromatic carbocycles. The first-order valence-corrected chi connectivity index (χ1v) is 13.1. The number of carbonyl (C=O) groups excluding carboxylic acids is 2. The Morgan fingerprint density at radius 2 is 1.54 bits per heavy atom. The van der Waals surface area contributed by atoms with Crippen LogP contribution in [0.3, 0.4) is 0 Å². The number of likely N-dealkylation sites (tertiary alicyclic amines) is 1. The van der Waals surface area contributed by atoms with Crippen LogP contribution in [-0.2, 0) is 21.4 Å². The molecule has 4 rings (SSSR count). The molecule has 0 unspecified atom stereocenters. The Bertz CT molecular complexity index is 1270. The maximum atomic E-state index is 13.8. The molecule has 0 bridgehead atoms. The average Bonchev–Trinajstić information content (AvgIpc) is 2.88. The number of anilines is 1. The molecule has 0 spiro atoms. The van der Waals surface area contributed by atoms with E-state index >= 15 is 0 Å². The van der Waals surface area contributed by atoms with Crippen molar-refractivity contribution < 1.29 is 18.0 Å². The molecule has 35 heavy (non-hydrogen) atoms. The van der Waals surface area contributed by atoms with Crippen LogP contribution in [0.2, 0.25) is 0 Å². The van der Waals surface area contributed by atoms with Crippen LogP contribution in [0.15, 0.2) is 89.8 Å². The zero-order valence-electron chi connectivity index (χ0n) is 19.6. The number of amides is 2. The van der Waals surface area contributed by atoms with Gasteiger partial charge in [0.25, 0.3) is 15.9 Å². The van der Waals surface area contributed by atoms with Crippen molar-refractivity contribution >= 4 is 27.5 Å². The van der Waals surface area contributed by atoms with Gasteiger partial charge in [0.2, 0.25) is 5.91 Å². The predicted molar refractivity (Wildman–Crippen MR) is 135 cm³/mol. The molecule has 0 atom stereocenters. The van der Waals surface area contributed by atoms with Crippen LogP contribution in [0.4, 0.5) is 5.69 Å².